The predicted octanol–water partition coefficient (Wildman–Crippen LogP) is -0.737. The van der Waals surface area contributed by atoms with Gasteiger partial charge < -0.3 is 15.2 Å². The molecule has 2 amide bonds. The van der Waals surface area contributed by atoms with E-state index in [1.165, 1.54) is 11.8 Å². The lowest BCUT2D eigenvalue weighted by Crippen LogP contribution is -2.71. The summed E-state index contributed by atoms with van der Waals surface area (Å²) in [5.74, 6) is -3.43. The summed E-state index contributed by atoms with van der Waals surface area (Å²) in [6.07, 6.45) is -1.29. The van der Waals surface area contributed by atoms with E-state index in [1.807, 2.05) is 0 Å². The number of hydrogen-bond acceptors (Lipinski definition) is 12. The Morgan fingerprint density at radius 1 is 1.32 bits per heavy atom. The second-order valence-electron chi connectivity index (χ2n) is 7.64. The minimum Gasteiger partial charge on any atom is -0.477 e. The Hall–Kier alpha value is -3.48. The van der Waals surface area contributed by atoms with Crippen LogP contribution in [-0.4, -0.2) is 90.4 Å². The fraction of sp³-hybridized carbons (Fsp3) is 0.316. The maximum Gasteiger partial charge on any atom is 0.352 e. The normalized spacial score (nSPS) is 20.0. The van der Waals surface area contributed by atoms with Crippen LogP contribution in [-0.2, 0) is 39.9 Å². The fourth-order valence-corrected chi connectivity index (χ4v) is 6.61. The largest absolute Gasteiger partial charge is 0.477 e. The number of tetrazole rings is 1. The highest BCUT2D eigenvalue weighted by Crippen LogP contribution is 2.41. The van der Waals surface area contributed by atoms with Crippen LogP contribution >= 0.6 is 23.5 Å². The van der Waals surface area contributed by atoms with E-state index in [0.29, 0.717) is 11.1 Å². The van der Waals surface area contributed by atoms with E-state index >= 15 is 0 Å². The Morgan fingerprint density at radius 2 is 2.05 bits per heavy atom. The van der Waals surface area contributed by atoms with Gasteiger partial charge in [-0.25, -0.2) is 9.48 Å². The molecular formula is C19H18N6O9S3. The molecule has 0 aliphatic carbocycles. The Kier molecular flexibility index (Phi) is 7.81. The van der Waals surface area contributed by atoms with Gasteiger partial charge in [-0.1, -0.05) is 42.1 Å². The molecule has 0 radical (unpaired) electrons. The maximum atomic E-state index is 12.9. The Labute approximate surface area is 217 Å². The van der Waals surface area contributed by atoms with E-state index < -0.39 is 51.3 Å². The number of aliphatic carboxylic acids is 1. The number of carboxylic acid groups (broad SMARTS) is 1. The number of β-lactam (4-membered cyclic amide) rings is 1. The molecule has 196 valence electrons. The molecule has 4 rings (SSSR count). The number of fused-ring (bicyclic) bond motifs is 1. The van der Waals surface area contributed by atoms with Crippen LogP contribution in [0, 0.1) is 0 Å². The third-order valence-corrected chi connectivity index (χ3v) is 8.19. The highest BCUT2D eigenvalue weighted by atomic mass is 32.2. The zero-order valence-corrected chi connectivity index (χ0v) is 21.0. The van der Waals surface area contributed by atoms with Gasteiger partial charge in [-0.15, -0.1) is 16.9 Å². The van der Waals surface area contributed by atoms with Crippen molar-refractivity contribution in [2.75, 3.05) is 11.5 Å². The molecule has 2 aliphatic rings. The van der Waals surface area contributed by atoms with Gasteiger partial charge in [-0.2, -0.15) is 8.42 Å². The molecule has 2 aromatic rings. The van der Waals surface area contributed by atoms with Crippen molar-refractivity contribution in [3.05, 3.63) is 47.2 Å². The van der Waals surface area contributed by atoms with E-state index in [1.54, 1.807) is 30.3 Å². The third-order valence-electron chi connectivity index (χ3n) is 5.24. The number of nitrogens with zero attached hydrogens (tertiary/aromatic N) is 5. The van der Waals surface area contributed by atoms with Gasteiger partial charge in [0.15, 0.2) is 5.88 Å². The van der Waals surface area contributed by atoms with Crippen molar-refractivity contribution in [1.82, 2.24) is 30.4 Å². The first kappa shape index (κ1) is 26.6. The van der Waals surface area contributed by atoms with Gasteiger partial charge in [0.25, 0.3) is 28.4 Å². The molecule has 3 heterocycles. The second-order valence-corrected chi connectivity index (χ2v) is 11.1. The molecule has 3 N–H and O–H groups in total. The van der Waals surface area contributed by atoms with Crippen LogP contribution in [0.5, 0.6) is 0 Å². The molecule has 0 spiro atoms. The number of benzene rings is 1. The highest BCUT2D eigenvalue weighted by molar-refractivity contribution is 8.01. The van der Waals surface area contributed by atoms with Crippen molar-refractivity contribution in [2.24, 2.45) is 0 Å². The van der Waals surface area contributed by atoms with Gasteiger partial charge in [0, 0.05) is 17.1 Å². The number of ether oxygens (including phenoxy) is 1. The number of thioether (sulfide) groups is 2. The molecule has 1 saturated heterocycles. The number of rotatable bonds is 11. The summed E-state index contributed by atoms with van der Waals surface area (Å²) in [5, 5.41) is 22.2. The number of amides is 2. The van der Waals surface area contributed by atoms with Gasteiger partial charge in [0.05, 0.1) is 0 Å². The number of nitrogens with one attached hydrogen (secondary N) is 1. The lowest BCUT2D eigenvalue weighted by atomic mass is 10.0. The summed E-state index contributed by atoms with van der Waals surface area (Å²) in [7, 11) is -4.41. The quantitative estimate of drug-likeness (QED) is 0.132. The molecule has 0 bridgehead atoms. The monoisotopic (exact) mass is 570 g/mol. The van der Waals surface area contributed by atoms with Gasteiger partial charge in [-0.3, -0.25) is 23.8 Å². The smallest absolute Gasteiger partial charge is 0.352 e. The van der Waals surface area contributed by atoms with Crippen molar-refractivity contribution in [1.29, 1.82) is 0 Å². The van der Waals surface area contributed by atoms with E-state index in [2.05, 4.69) is 20.8 Å². The van der Waals surface area contributed by atoms with Gasteiger partial charge in [0.1, 0.15) is 17.1 Å². The predicted molar refractivity (Wildman–Crippen MR) is 126 cm³/mol. The van der Waals surface area contributed by atoms with Crippen LogP contribution in [0.25, 0.3) is 0 Å². The SMILES string of the molecule is O=COC(C(=O)NC1C(=O)N2C(C(=O)O)=C(CSc3nnnn3CS(=O)(=O)O)CS[C@@H]12)c1ccccc1. The molecule has 37 heavy (non-hydrogen) atoms. The number of carboxylic acids is 1. The summed E-state index contributed by atoms with van der Waals surface area (Å²) in [6.45, 7) is 0.128. The van der Waals surface area contributed by atoms with Crippen LogP contribution in [0.2, 0.25) is 0 Å². The molecule has 1 aromatic heterocycles. The Morgan fingerprint density at radius 3 is 2.70 bits per heavy atom. The molecular weight excluding hydrogens is 552 g/mol. The molecule has 2 aliphatic heterocycles. The van der Waals surface area contributed by atoms with Crippen molar-refractivity contribution < 1.29 is 42.0 Å². The molecule has 2 unspecified atom stereocenters. The lowest BCUT2D eigenvalue weighted by Gasteiger charge is -2.49. The molecule has 0 saturated carbocycles. The minimum absolute atomic E-state index is 0.0112. The molecule has 3 atom stereocenters. The molecule has 1 fully saturated rings. The summed E-state index contributed by atoms with van der Waals surface area (Å²) in [6, 6.07) is 7.16. The zero-order chi connectivity index (χ0) is 26.7. The lowest BCUT2D eigenvalue weighted by molar-refractivity contribution is -0.154. The first-order valence-electron chi connectivity index (χ1n) is 10.3. The van der Waals surface area contributed by atoms with Crippen molar-refractivity contribution in [3.63, 3.8) is 0 Å². The first-order valence-corrected chi connectivity index (χ1v) is 13.9. The topological polar surface area (TPSA) is 211 Å². The third kappa shape index (κ3) is 5.76. The number of hydrogen-bond donors (Lipinski definition) is 3. The van der Waals surface area contributed by atoms with Crippen LogP contribution < -0.4 is 5.32 Å². The van der Waals surface area contributed by atoms with Gasteiger partial charge >= 0.3 is 5.97 Å². The van der Waals surface area contributed by atoms with Crippen LogP contribution in [0.3, 0.4) is 0 Å². The molecule has 1 aromatic carbocycles. The minimum atomic E-state index is -4.41. The number of carbonyl (C=O) groups is 4. The second kappa shape index (κ2) is 10.9. The zero-order valence-electron chi connectivity index (χ0n) is 18.5. The number of carbonyl (C=O) groups excluding carboxylic acids is 3. The van der Waals surface area contributed by atoms with E-state index in [4.69, 9.17) is 9.29 Å². The van der Waals surface area contributed by atoms with Crippen LogP contribution in [0.1, 0.15) is 11.7 Å². The standard InChI is InChI=1S/C19H18N6O9S3/c26-9-34-14(10-4-2-1-3-5-10)15(27)20-12-16(28)25-13(18(29)30)11(6-35-17(12)25)7-36-19-21-22-23-24(19)8-37(31,32)33/h1-5,9,12,14,17H,6-8H2,(H,20,27)(H,29,30)(H,31,32,33)/t12?,14?,17-/m0/s1. The Balaban J connectivity index is 1.48. The fourth-order valence-electron chi connectivity index (χ4n) is 3.69. The van der Waals surface area contributed by atoms with E-state index in [0.717, 1.165) is 21.3 Å². The highest BCUT2D eigenvalue weighted by Gasteiger charge is 2.54. The Bertz CT molecular complexity index is 1360. The number of aromatic nitrogens is 4. The summed E-state index contributed by atoms with van der Waals surface area (Å²) >= 11 is 2.15. The summed E-state index contributed by atoms with van der Waals surface area (Å²) in [4.78, 5) is 49.8. The van der Waals surface area contributed by atoms with E-state index in [-0.39, 0.29) is 28.8 Å². The van der Waals surface area contributed by atoms with Crippen LogP contribution in [0.4, 0.5) is 0 Å². The van der Waals surface area contributed by atoms with Crippen molar-refractivity contribution in [3.8, 4) is 0 Å². The average Bonchev–Trinajstić information content (AvgIpc) is 3.29. The van der Waals surface area contributed by atoms with Crippen LogP contribution in [0.15, 0.2) is 46.8 Å². The average molecular weight is 571 g/mol. The molecule has 18 heteroatoms. The summed E-state index contributed by atoms with van der Waals surface area (Å²) in [5.41, 5.74) is 0.489. The van der Waals surface area contributed by atoms with Gasteiger partial charge in [-0.05, 0) is 16.0 Å². The van der Waals surface area contributed by atoms with Crippen molar-refractivity contribution >= 4 is 57.9 Å². The van der Waals surface area contributed by atoms with E-state index in [9.17, 15) is 32.7 Å². The first-order chi connectivity index (χ1) is 17.6. The van der Waals surface area contributed by atoms with Crippen molar-refractivity contribution in [2.45, 2.75) is 28.6 Å². The maximum absolute atomic E-state index is 12.9. The van der Waals surface area contributed by atoms with Gasteiger partial charge in [0.2, 0.25) is 11.3 Å². The summed E-state index contributed by atoms with van der Waals surface area (Å²) < 4.78 is 37.0. The molecule has 15 nitrogen and oxygen atoms in total.